The van der Waals surface area contributed by atoms with Crippen LogP contribution in [0.15, 0.2) is 65.5 Å². The topological polar surface area (TPSA) is 66.4 Å². The first-order valence-electron chi connectivity index (χ1n) is 9.42. The summed E-state index contributed by atoms with van der Waals surface area (Å²) in [6.07, 6.45) is 1.25. The Bertz CT molecular complexity index is 910. The van der Waals surface area contributed by atoms with Gasteiger partial charge in [-0.1, -0.05) is 41.0 Å². The average Bonchev–Trinajstić information content (AvgIpc) is 2.76. The lowest BCUT2D eigenvalue weighted by molar-refractivity contribution is -0.139. The van der Waals surface area contributed by atoms with E-state index in [4.69, 9.17) is 25.9 Å². The van der Waals surface area contributed by atoms with Gasteiger partial charge in [-0.05, 0) is 49.8 Å². The van der Waals surface area contributed by atoms with Gasteiger partial charge in [-0.2, -0.15) is 0 Å². The highest BCUT2D eigenvalue weighted by atomic mass is 35.5. The van der Waals surface area contributed by atoms with Gasteiger partial charge >= 0.3 is 5.97 Å². The van der Waals surface area contributed by atoms with Crippen molar-refractivity contribution in [2.24, 2.45) is 5.16 Å². The summed E-state index contributed by atoms with van der Waals surface area (Å²) in [7, 11) is 2.85. The van der Waals surface area contributed by atoms with Crippen molar-refractivity contribution in [3.8, 4) is 5.75 Å². The van der Waals surface area contributed by atoms with Crippen LogP contribution in [0.5, 0.6) is 5.75 Å². The van der Waals surface area contributed by atoms with E-state index in [9.17, 15) is 4.79 Å². The van der Waals surface area contributed by atoms with Gasteiger partial charge in [-0.3, -0.25) is 4.79 Å². The number of hydrogen-bond acceptors (Lipinski definition) is 6. The molecule has 0 aliphatic rings. The Morgan fingerprint density at radius 2 is 1.90 bits per heavy atom. The minimum atomic E-state index is -0.461. The van der Waals surface area contributed by atoms with E-state index in [0.29, 0.717) is 28.8 Å². The van der Waals surface area contributed by atoms with Crippen molar-refractivity contribution in [1.29, 1.82) is 0 Å². The zero-order valence-electron chi connectivity index (χ0n) is 17.6. The van der Waals surface area contributed by atoms with Gasteiger partial charge in [0.15, 0.2) is 6.10 Å². The Labute approximate surface area is 182 Å². The van der Waals surface area contributed by atoms with Crippen LogP contribution in [0.2, 0.25) is 5.02 Å². The number of carbonyl (C=O) groups excluding carboxylic acids is 1. The number of nitrogens with zero attached hydrogens (tertiary/aromatic N) is 1. The van der Waals surface area contributed by atoms with E-state index in [-0.39, 0.29) is 12.4 Å². The van der Waals surface area contributed by atoms with Crippen LogP contribution in [0.3, 0.4) is 0 Å². The third-order valence-electron chi connectivity index (χ3n) is 4.23. The molecular formula is C23H26ClNO5. The summed E-state index contributed by atoms with van der Waals surface area (Å²) in [5.74, 6) is 0.854. The van der Waals surface area contributed by atoms with E-state index in [1.54, 1.807) is 13.0 Å². The average molecular weight is 432 g/mol. The molecule has 2 aromatic rings. The van der Waals surface area contributed by atoms with Crippen LogP contribution in [0, 0.1) is 0 Å². The Morgan fingerprint density at radius 1 is 1.13 bits per heavy atom. The first-order chi connectivity index (χ1) is 14.4. The van der Waals surface area contributed by atoms with Gasteiger partial charge in [0, 0.05) is 10.6 Å². The number of benzene rings is 2. The molecule has 2 aromatic carbocycles. The molecular weight excluding hydrogens is 406 g/mol. The number of rotatable bonds is 10. The Hall–Kier alpha value is -2.99. The maximum Gasteiger partial charge on any atom is 0.309 e. The summed E-state index contributed by atoms with van der Waals surface area (Å²) in [4.78, 5) is 16.8. The van der Waals surface area contributed by atoms with E-state index in [2.05, 4.69) is 9.89 Å². The highest BCUT2D eigenvalue weighted by Gasteiger charge is 2.12. The number of hydrogen-bond donors (Lipinski definition) is 0. The van der Waals surface area contributed by atoms with Gasteiger partial charge in [0.1, 0.15) is 18.1 Å². The number of oxime groups is 1. The van der Waals surface area contributed by atoms with Crippen LogP contribution in [0.25, 0.3) is 0 Å². The molecule has 0 N–H and O–H groups in total. The molecule has 1 atom stereocenters. The monoisotopic (exact) mass is 431 g/mol. The molecule has 0 radical (unpaired) electrons. The summed E-state index contributed by atoms with van der Waals surface area (Å²) in [6.45, 7) is 4.04. The largest absolute Gasteiger partial charge is 0.497 e. The van der Waals surface area contributed by atoms with Crippen LogP contribution in [0.1, 0.15) is 31.4 Å². The van der Waals surface area contributed by atoms with E-state index in [1.807, 2.05) is 55.5 Å². The van der Waals surface area contributed by atoms with E-state index >= 15 is 0 Å². The van der Waals surface area contributed by atoms with Crippen molar-refractivity contribution in [2.45, 2.75) is 33.0 Å². The summed E-state index contributed by atoms with van der Waals surface area (Å²) in [5.41, 5.74) is 2.53. The second-order valence-electron chi connectivity index (χ2n) is 6.46. The van der Waals surface area contributed by atoms with E-state index in [1.165, 1.54) is 14.2 Å². The summed E-state index contributed by atoms with van der Waals surface area (Å²) in [5, 5.41) is 4.86. The second kappa shape index (κ2) is 11.9. The molecule has 0 amide bonds. The molecule has 160 valence electrons. The molecule has 0 heterocycles. The number of halogens is 1. The van der Waals surface area contributed by atoms with Crippen LogP contribution < -0.4 is 4.74 Å². The van der Waals surface area contributed by atoms with Gasteiger partial charge in [0.25, 0.3) is 0 Å². The quantitative estimate of drug-likeness (QED) is 0.225. The summed E-state index contributed by atoms with van der Waals surface area (Å²) < 4.78 is 15.8. The van der Waals surface area contributed by atoms with E-state index < -0.39 is 6.10 Å². The van der Waals surface area contributed by atoms with Crippen LogP contribution in [0.4, 0.5) is 0 Å². The Morgan fingerprint density at radius 3 is 2.60 bits per heavy atom. The lowest BCUT2D eigenvalue weighted by Gasteiger charge is -2.14. The number of carbonyl (C=O) groups is 1. The minimum absolute atomic E-state index is 0.0993. The predicted molar refractivity (Wildman–Crippen MR) is 117 cm³/mol. The molecule has 0 aliphatic heterocycles. The van der Waals surface area contributed by atoms with Gasteiger partial charge < -0.3 is 19.0 Å². The summed E-state index contributed by atoms with van der Waals surface area (Å²) >= 11 is 6.01. The number of esters is 1. The van der Waals surface area contributed by atoms with Crippen molar-refractivity contribution < 1.29 is 23.8 Å². The van der Waals surface area contributed by atoms with Gasteiger partial charge in [-0.15, -0.1) is 0 Å². The minimum Gasteiger partial charge on any atom is -0.497 e. The van der Waals surface area contributed by atoms with Crippen molar-refractivity contribution in [3.63, 3.8) is 0 Å². The molecule has 30 heavy (non-hydrogen) atoms. The molecule has 0 fully saturated rings. The van der Waals surface area contributed by atoms with Crippen LogP contribution in [-0.4, -0.2) is 32.0 Å². The molecule has 0 saturated carbocycles. The maximum absolute atomic E-state index is 11.3. The fourth-order valence-corrected chi connectivity index (χ4v) is 2.76. The molecule has 6 nitrogen and oxygen atoms in total. The van der Waals surface area contributed by atoms with Crippen molar-refractivity contribution in [1.82, 2.24) is 0 Å². The van der Waals surface area contributed by atoms with Crippen LogP contribution in [-0.2, 0) is 25.7 Å². The first-order valence-corrected chi connectivity index (χ1v) is 9.79. The van der Waals surface area contributed by atoms with Gasteiger partial charge in [0.2, 0.25) is 0 Å². The maximum atomic E-state index is 11.3. The van der Waals surface area contributed by atoms with Gasteiger partial charge in [0.05, 0.1) is 26.4 Å². The van der Waals surface area contributed by atoms with Crippen LogP contribution >= 0.6 is 11.6 Å². The molecule has 0 aromatic heterocycles. The molecule has 1 unspecified atom stereocenters. The predicted octanol–water partition coefficient (Wildman–Crippen LogP) is 5.14. The number of methoxy groups -OCH3 is 2. The fraction of sp³-hybridized carbons (Fsp3) is 0.304. The smallest absolute Gasteiger partial charge is 0.309 e. The number of ether oxygens (including phenoxy) is 3. The molecule has 0 spiro atoms. The van der Waals surface area contributed by atoms with E-state index in [0.717, 1.165) is 11.1 Å². The zero-order valence-corrected chi connectivity index (χ0v) is 18.3. The standard InChI is InChI=1S/C23H26ClNO5/c1-16(25-30-17(2)22(27-3)11-12-23(26)28-4)19-8-6-10-21(14-19)29-15-18-7-5-9-20(24)13-18/h5-11,13-14,17H,12,15H2,1-4H3/b22-11-,25-16-. The summed E-state index contributed by atoms with van der Waals surface area (Å²) in [6, 6.07) is 15.1. The van der Waals surface area contributed by atoms with Crippen molar-refractivity contribution in [3.05, 3.63) is 76.5 Å². The van der Waals surface area contributed by atoms with Gasteiger partial charge in [-0.25, -0.2) is 0 Å². The Kier molecular flexibility index (Phi) is 9.22. The molecule has 0 saturated heterocycles. The SMILES string of the molecule is COC(=O)C/C=C(\OC)C(C)O/N=C(/C)c1cccc(OCc2cccc(Cl)c2)c1. The Balaban J connectivity index is 2.00. The highest BCUT2D eigenvalue weighted by Crippen LogP contribution is 2.18. The highest BCUT2D eigenvalue weighted by molar-refractivity contribution is 6.30. The molecule has 0 aliphatic carbocycles. The van der Waals surface area contributed by atoms with Crippen molar-refractivity contribution >= 4 is 23.3 Å². The second-order valence-corrected chi connectivity index (χ2v) is 6.90. The lowest BCUT2D eigenvalue weighted by Crippen LogP contribution is -2.12. The normalized spacial score (nSPS) is 12.8. The zero-order chi connectivity index (χ0) is 21.9. The third-order valence-corrected chi connectivity index (χ3v) is 4.46. The molecule has 0 bridgehead atoms. The first kappa shape index (κ1) is 23.3. The third kappa shape index (κ3) is 7.44. The fourth-order valence-electron chi connectivity index (χ4n) is 2.55. The molecule has 7 heteroatoms. The molecule has 2 rings (SSSR count). The van der Waals surface area contributed by atoms with Crippen molar-refractivity contribution in [2.75, 3.05) is 14.2 Å². The lowest BCUT2D eigenvalue weighted by atomic mass is 10.1.